The lowest BCUT2D eigenvalue weighted by Crippen LogP contribution is -2.42. The molecule has 0 aliphatic rings. The molecule has 1 unspecified atom stereocenters. The molecule has 110 valence electrons. The number of rotatable bonds is 7. The van der Waals surface area contributed by atoms with Crippen LogP contribution in [0.1, 0.15) is 6.42 Å². The van der Waals surface area contributed by atoms with Gasteiger partial charge in [-0.1, -0.05) is 11.6 Å². The maximum absolute atomic E-state index is 12.2. The Morgan fingerprint density at radius 1 is 1.30 bits per heavy atom. The van der Waals surface area contributed by atoms with Crippen molar-refractivity contribution in [1.29, 1.82) is 0 Å². The van der Waals surface area contributed by atoms with Gasteiger partial charge in [-0.05, 0) is 24.3 Å². The summed E-state index contributed by atoms with van der Waals surface area (Å²) in [6, 6.07) is 5.13. The average Bonchev–Trinajstić information content (AvgIpc) is 2.36. The molecule has 1 atom stereocenters. The number of carboxylic acid groups (broad SMARTS) is 1. The number of nitrogens with one attached hydrogen (secondary N) is 1. The van der Waals surface area contributed by atoms with Gasteiger partial charge in [0.25, 0.3) is 0 Å². The molecule has 0 fully saturated rings. The first-order valence-electron chi connectivity index (χ1n) is 5.57. The van der Waals surface area contributed by atoms with Gasteiger partial charge in [0, 0.05) is 16.3 Å². The molecule has 0 radical (unpaired) electrons. The van der Waals surface area contributed by atoms with Crippen LogP contribution in [-0.2, 0) is 9.59 Å². The lowest BCUT2D eigenvalue weighted by Gasteiger charge is -2.13. The minimum absolute atomic E-state index is 0.0609. The van der Waals surface area contributed by atoms with Gasteiger partial charge in [0.1, 0.15) is 6.04 Å². The molecule has 1 aromatic carbocycles. The van der Waals surface area contributed by atoms with Crippen molar-refractivity contribution in [2.75, 3.05) is 5.75 Å². The number of thioether (sulfide) groups is 1. The van der Waals surface area contributed by atoms with Crippen LogP contribution in [0.4, 0.5) is 8.78 Å². The van der Waals surface area contributed by atoms with Gasteiger partial charge in [0.2, 0.25) is 12.3 Å². The molecule has 0 heterocycles. The molecule has 0 aromatic heterocycles. The van der Waals surface area contributed by atoms with E-state index in [9.17, 15) is 18.4 Å². The van der Waals surface area contributed by atoms with Crippen LogP contribution >= 0.6 is 23.4 Å². The fourth-order valence-electron chi connectivity index (χ4n) is 1.32. The van der Waals surface area contributed by atoms with E-state index in [1.54, 1.807) is 24.3 Å². The van der Waals surface area contributed by atoms with E-state index in [0.29, 0.717) is 5.02 Å². The summed E-state index contributed by atoms with van der Waals surface area (Å²) in [6.07, 6.45) is -3.70. The van der Waals surface area contributed by atoms with Crippen LogP contribution in [0.5, 0.6) is 0 Å². The summed E-state index contributed by atoms with van der Waals surface area (Å²) >= 11 is 6.86. The largest absolute Gasteiger partial charge is 0.480 e. The third-order valence-corrected chi connectivity index (χ3v) is 3.49. The molecule has 1 amide bonds. The van der Waals surface area contributed by atoms with Crippen LogP contribution in [0.3, 0.4) is 0 Å². The van der Waals surface area contributed by atoms with E-state index < -0.39 is 30.8 Å². The minimum atomic E-state index is -2.79. The first-order valence-corrected chi connectivity index (χ1v) is 6.93. The molecule has 20 heavy (non-hydrogen) atoms. The molecular formula is C12H12ClF2NO3S. The third-order valence-electron chi connectivity index (χ3n) is 2.23. The molecule has 1 rings (SSSR count). The Morgan fingerprint density at radius 3 is 2.40 bits per heavy atom. The van der Waals surface area contributed by atoms with Crippen molar-refractivity contribution in [3.8, 4) is 0 Å². The minimum Gasteiger partial charge on any atom is -0.480 e. The number of benzene rings is 1. The van der Waals surface area contributed by atoms with Gasteiger partial charge in [-0.3, -0.25) is 4.79 Å². The maximum Gasteiger partial charge on any atom is 0.326 e. The SMILES string of the molecule is O=C(CSc1ccc(Cl)cc1)NC(CC(F)F)C(=O)O. The van der Waals surface area contributed by atoms with Crippen LogP contribution in [0.2, 0.25) is 5.02 Å². The van der Waals surface area contributed by atoms with Crippen molar-refractivity contribution < 1.29 is 23.5 Å². The molecule has 8 heteroatoms. The summed E-state index contributed by atoms with van der Waals surface area (Å²) in [5.74, 6) is -2.15. The maximum atomic E-state index is 12.2. The monoisotopic (exact) mass is 323 g/mol. The number of amides is 1. The van der Waals surface area contributed by atoms with E-state index in [2.05, 4.69) is 5.32 Å². The number of aliphatic carboxylic acids is 1. The van der Waals surface area contributed by atoms with Crippen molar-refractivity contribution in [2.24, 2.45) is 0 Å². The first kappa shape index (κ1) is 16.7. The zero-order valence-corrected chi connectivity index (χ0v) is 11.8. The van der Waals surface area contributed by atoms with Gasteiger partial charge in [0.15, 0.2) is 0 Å². The summed E-state index contributed by atoms with van der Waals surface area (Å²) in [4.78, 5) is 23.0. The first-order chi connectivity index (χ1) is 9.38. The second kappa shape index (κ2) is 8.06. The standard InChI is InChI=1S/C12H12ClF2NO3S/c13-7-1-3-8(4-2-7)20-6-11(17)16-9(12(18)19)5-10(14)15/h1-4,9-10H,5-6H2,(H,16,17)(H,18,19). The molecule has 0 aliphatic heterocycles. The molecule has 1 aromatic rings. The number of carboxylic acids is 1. The Bertz CT molecular complexity index is 470. The second-order valence-electron chi connectivity index (χ2n) is 3.83. The molecule has 0 aliphatic carbocycles. The molecular weight excluding hydrogens is 312 g/mol. The Morgan fingerprint density at radius 2 is 1.90 bits per heavy atom. The van der Waals surface area contributed by atoms with Gasteiger partial charge in [0.05, 0.1) is 5.75 Å². The molecule has 2 N–H and O–H groups in total. The Kier molecular flexibility index (Phi) is 6.74. The van der Waals surface area contributed by atoms with Crippen molar-refractivity contribution in [2.45, 2.75) is 23.8 Å². The number of hydrogen-bond acceptors (Lipinski definition) is 3. The summed E-state index contributed by atoms with van der Waals surface area (Å²) in [7, 11) is 0. The molecule has 0 bridgehead atoms. The van der Waals surface area contributed by atoms with Crippen molar-refractivity contribution in [3.05, 3.63) is 29.3 Å². The predicted octanol–water partition coefficient (Wildman–Crippen LogP) is 2.66. The summed E-state index contributed by atoms with van der Waals surface area (Å²) in [5, 5.41) is 11.3. The van der Waals surface area contributed by atoms with Crippen LogP contribution in [0.15, 0.2) is 29.2 Å². The van der Waals surface area contributed by atoms with Crippen LogP contribution < -0.4 is 5.32 Å². The van der Waals surface area contributed by atoms with E-state index in [1.165, 1.54) is 0 Å². The Balaban J connectivity index is 2.45. The van der Waals surface area contributed by atoms with Crippen LogP contribution in [0, 0.1) is 0 Å². The van der Waals surface area contributed by atoms with Crippen LogP contribution in [0.25, 0.3) is 0 Å². The van der Waals surface area contributed by atoms with E-state index >= 15 is 0 Å². The molecule has 0 saturated carbocycles. The van der Waals surface area contributed by atoms with E-state index in [1.807, 2.05) is 0 Å². The fourth-order valence-corrected chi connectivity index (χ4v) is 2.15. The molecule has 0 spiro atoms. The molecule has 4 nitrogen and oxygen atoms in total. The Hall–Kier alpha value is -1.34. The fraction of sp³-hybridized carbons (Fsp3) is 0.333. The smallest absolute Gasteiger partial charge is 0.326 e. The highest BCUT2D eigenvalue weighted by Gasteiger charge is 2.23. The quantitative estimate of drug-likeness (QED) is 0.757. The van der Waals surface area contributed by atoms with Gasteiger partial charge < -0.3 is 10.4 Å². The normalized spacial score (nSPS) is 12.2. The average molecular weight is 324 g/mol. The number of halogens is 3. The Labute approximate surface area is 123 Å². The summed E-state index contributed by atoms with van der Waals surface area (Å²) < 4.78 is 24.3. The molecule has 0 saturated heterocycles. The van der Waals surface area contributed by atoms with Gasteiger partial charge in [-0.25, -0.2) is 13.6 Å². The highest BCUT2D eigenvalue weighted by Crippen LogP contribution is 2.20. The van der Waals surface area contributed by atoms with E-state index in [4.69, 9.17) is 16.7 Å². The number of alkyl halides is 2. The van der Waals surface area contributed by atoms with Crippen molar-refractivity contribution >= 4 is 35.2 Å². The highest BCUT2D eigenvalue weighted by atomic mass is 35.5. The number of carbonyl (C=O) groups excluding carboxylic acids is 1. The van der Waals surface area contributed by atoms with Gasteiger partial charge >= 0.3 is 5.97 Å². The highest BCUT2D eigenvalue weighted by molar-refractivity contribution is 8.00. The third kappa shape index (κ3) is 6.21. The number of carbonyl (C=O) groups is 2. The van der Waals surface area contributed by atoms with Gasteiger partial charge in [-0.2, -0.15) is 0 Å². The van der Waals surface area contributed by atoms with E-state index in [-0.39, 0.29) is 5.75 Å². The topological polar surface area (TPSA) is 66.4 Å². The summed E-state index contributed by atoms with van der Waals surface area (Å²) in [6.45, 7) is 0. The lowest BCUT2D eigenvalue weighted by molar-refractivity contribution is -0.142. The lowest BCUT2D eigenvalue weighted by atomic mass is 10.2. The zero-order chi connectivity index (χ0) is 15.1. The van der Waals surface area contributed by atoms with E-state index in [0.717, 1.165) is 16.7 Å². The van der Waals surface area contributed by atoms with Crippen molar-refractivity contribution in [3.63, 3.8) is 0 Å². The van der Waals surface area contributed by atoms with Crippen LogP contribution in [-0.4, -0.2) is 35.2 Å². The summed E-state index contributed by atoms with van der Waals surface area (Å²) in [5.41, 5.74) is 0. The second-order valence-corrected chi connectivity index (χ2v) is 5.31. The zero-order valence-electron chi connectivity index (χ0n) is 10.2. The predicted molar refractivity (Wildman–Crippen MR) is 72.4 cm³/mol. The number of hydrogen-bond donors (Lipinski definition) is 2. The van der Waals surface area contributed by atoms with Crippen molar-refractivity contribution in [1.82, 2.24) is 5.32 Å². The van der Waals surface area contributed by atoms with Gasteiger partial charge in [-0.15, -0.1) is 11.8 Å².